The average molecular weight is 232 g/mol. The van der Waals surface area contributed by atoms with Crippen LogP contribution < -0.4 is 10.6 Å². The van der Waals surface area contributed by atoms with Crippen molar-refractivity contribution < 1.29 is 4.79 Å². The summed E-state index contributed by atoms with van der Waals surface area (Å²) >= 11 is 0. The van der Waals surface area contributed by atoms with Gasteiger partial charge < -0.3 is 10.6 Å². The van der Waals surface area contributed by atoms with E-state index in [1.54, 1.807) is 0 Å². The zero-order valence-corrected chi connectivity index (χ0v) is 10.3. The van der Waals surface area contributed by atoms with E-state index >= 15 is 0 Å². The average Bonchev–Trinajstić information content (AvgIpc) is 2.90. The number of nitrogens with one attached hydrogen (secondary N) is 2. The zero-order chi connectivity index (χ0) is 12.1. The summed E-state index contributed by atoms with van der Waals surface area (Å²) in [5, 5.41) is 6.23. The molecule has 2 rings (SSSR count). The van der Waals surface area contributed by atoms with Crippen molar-refractivity contribution in [3.05, 3.63) is 35.9 Å². The Kier molecular flexibility index (Phi) is 4.15. The van der Waals surface area contributed by atoms with Gasteiger partial charge in [0, 0.05) is 6.54 Å². The first kappa shape index (κ1) is 12.1. The number of rotatable bonds is 4. The van der Waals surface area contributed by atoms with Crippen LogP contribution in [0, 0.1) is 0 Å². The second-order valence-electron chi connectivity index (χ2n) is 4.71. The van der Waals surface area contributed by atoms with Gasteiger partial charge in [0.2, 0.25) is 5.91 Å². The molecule has 1 amide bonds. The summed E-state index contributed by atoms with van der Waals surface area (Å²) in [6.45, 7) is 3.81. The van der Waals surface area contributed by atoms with Crippen LogP contribution in [0.4, 0.5) is 0 Å². The molecule has 1 aliphatic rings. The molecule has 0 aromatic heterocycles. The third-order valence-corrected chi connectivity index (χ3v) is 3.33. The Balaban J connectivity index is 1.80. The molecule has 92 valence electrons. The number of hydrogen-bond donors (Lipinski definition) is 2. The standard InChI is InChI=1S/C14H20N2O/c1-11(12-6-3-2-4-7-12)10-16-14(17)13-8-5-9-15-13/h2-4,6-7,11,13,15H,5,8-10H2,1H3,(H,16,17). The summed E-state index contributed by atoms with van der Waals surface area (Å²) in [5.74, 6) is 0.506. The Morgan fingerprint density at radius 3 is 2.88 bits per heavy atom. The van der Waals surface area contributed by atoms with Crippen LogP contribution in [0.1, 0.15) is 31.2 Å². The molecule has 0 aliphatic carbocycles. The Labute approximate surface area is 103 Å². The van der Waals surface area contributed by atoms with Gasteiger partial charge in [-0.3, -0.25) is 4.79 Å². The molecule has 1 aromatic carbocycles. The van der Waals surface area contributed by atoms with Crippen LogP contribution in [0.25, 0.3) is 0 Å². The van der Waals surface area contributed by atoms with Gasteiger partial charge in [-0.25, -0.2) is 0 Å². The molecular formula is C14H20N2O. The second-order valence-corrected chi connectivity index (χ2v) is 4.71. The molecule has 0 bridgehead atoms. The van der Waals surface area contributed by atoms with E-state index in [2.05, 4.69) is 29.7 Å². The maximum absolute atomic E-state index is 11.8. The number of amides is 1. The van der Waals surface area contributed by atoms with Crippen molar-refractivity contribution >= 4 is 5.91 Å². The lowest BCUT2D eigenvalue weighted by Crippen LogP contribution is -2.41. The van der Waals surface area contributed by atoms with Crippen molar-refractivity contribution in [1.82, 2.24) is 10.6 Å². The van der Waals surface area contributed by atoms with Gasteiger partial charge >= 0.3 is 0 Å². The molecule has 1 aliphatic heterocycles. The highest BCUT2D eigenvalue weighted by atomic mass is 16.2. The maximum atomic E-state index is 11.8. The summed E-state index contributed by atoms with van der Waals surface area (Å²) in [5.41, 5.74) is 1.27. The van der Waals surface area contributed by atoms with Crippen LogP contribution in [0.3, 0.4) is 0 Å². The van der Waals surface area contributed by atoms with Crippen molar-refractivity contribution in [2.24, 2.45) is 0 Å². The fraction of sp³-hybridized carbons (Fsp3) is 0.500. The Bertz CT molecular complexity index is 358. The summed E-state index contributed by atoms with van der Waals surface area (Å²) in [6.07, 6.45) is 2.07. The van der Waals surface area contributed by atoms with Crippen molar-refractivity contribution in [3.8, 4) is 0 Å². The van der Waals surface area contributed by atoms with Gasteiger partial charge in [-0.15, -0.1) is 0 Å². The van der Waals surface area contributed by atoms with Gasteiger partial charge in [0.05, 0.1) is 6.04 Å². The molecule has 2 unspecified atom stereocenters. The molecule has 2 N–H and O–H groups in total. The maximum Gasteiger partial charge on any atom is 0.237 e. The fourth-order valence-corrected chi connectivity index (χ4v) is 2.18. The van der Waals surface area contributed by atoms with E-state index in [0.717, 1.165) is 19.4 Å². The summed E-state index contributed by atoms with van der Waals surface area (Å²) in [7, 11) is 0. The largest absolute Gasteiger partial charge is 0.354 e. The van der Waals surface area contributed by atoms with Crippen LogP contribution in [-0.2, 0) is 4.79 Å². The SMILES string of the molecule is CC(CNC(=O)C1CCCN1)c1ccccc1. The molecule has 1 heterocycles. The van der Waals surface area contributed by atoms with E-state index in [-0.39, 0.29) is 11.9 Å². The van der Waals surface area contributed by atoms with Gasteiger partial charge in [-0.05, 0) is 30.9 Å². The van der Waals surface area contributed by atoms with E-state index in [1.807, 2.05) is 18.2 Å². The van der Waals surface area contributed by atoms with E-state index in [4.69, 9.17) is 0 Å². The van der Waals surface area contributed by atoms with Gasteiger partial charge in [-0.2, -0.15) is 0 Å². The van der Waals surface area contributed by atoms with Gasteiger partial charge in [0.1, 0.15) is 0 Å². The first-order valence-corrected chi connectivity index (χ1v) is 6.33. The van der Waals surface area contributed by atoms with E-state index < -0.39 is 0 Å². The van der Waals surface area contributed by atoms with E-state index in [0.29, 0.717) is 12.5 Å². The minimum atomic E-state index is 0.0259. The normalized spacial score (nSPS) is 21.1. The number of carbonyl (C=O) groups is 1. The molecule has 1 saturated heterocycles. The molecule has 3 nitrogen and oxygen atoms in total. The van der Waals surface area contributed by atoms with Crippen molar-refractivity contribution in [1.29, 1.82) is 0 Å². The molecule has 1 fully saturated rings. The van der Waals surface area contributed by atoms with Gasteiger partial charge in [-0.1, -0.05) is 37.3 Å². The number of hydrogen-bond acceptors (Lipinski definition) is 2. The minimum absolute atomic E-state index is 0.0259. The Morgan fingerprint density at radius 1 is 1.47 bits per heavy atom. The van der Waals surface area contributed by atoms with Crippen LogP contribution in [-0.4, -0.2) is 25.0 Å². The highest BCUT2D eigenvalue weighted by Crippen LogP contribution is 2.13. The number of benzene rings is 1. The highest BCUT2D eigenvalue weighted by molar-refractivity contribution is 5.82. The third-order valence-electron chi connectivity index (χ3n) is 3.33. The number of carbonyl (C=O) groups excluding carboxylic acids is 1. The summed E-state index contributed by atoms with van der Waals surface area (Å²) < 4.78 is 0. The smallest absolute Gasteiger partial charge is 0.237 e. The van der Waals surface area contributed by atoms with Gasteiger partial charge in [0.15, 0.2) is 0 Å². The molecule has 17 heavy (non-hydrogen) atoms. The predicted octanol–water partition coefficient (Wildman–Crippen LogP) is 1.66. The first-order valence-electron chi connectivity index (χ1n) is 6.33. The quantitative estimate of drug-likeness (QED) is 0.829. The monoisotopic (exact) mass is 232 g/mol. The van der Waals surface area contributed by atoms with Crippen LogP contribution in [0.5, 0.6) is 0 Å². The third kappa shape index (κ3) is 3.30. The predicted molar refractivity (Wildman–Crippen MR) is 68.9 cm³/mol. The molecule has 1 aromatic rings. The summed E-state index contributed by atoms with van der Waals surface area (Å²) in [4.78, 5) is 11.8. The van der Waals surface area contributed by atoms with Crippen LogP contribution in [0.2, 0.25) is 0 Å². The minimum Gasteiger partial charge on any atom is -0.354 e. The second kappa shape index (κ2) is 5.82. The van der Waals surface area contributed by atoms with Crippen LogP contribution in [0.15, 0.2) is 30.3 Å². The zero-order valence-electron chi connectivity index (χ0n) is 10.3. The van der Waals surface area contributed by atoms with Crippen molar-refractivity contribution in [3.63, 3.8) is 0 Å². The molecule has 3 heteroatoms. The molecule has 0 spiro atoms. The van der Waals surface area contributed by atoms with E-state index in [9.17, 15) is 4.79 Å². The molecular weight excluding hydrogens is 212 g/mol. The molecule has 0 radical (unpaired) electrons. The van der Waals surface area contributed by atoms with Crippen molar-refractivity contribution in [2.75, 3.05) is 13.1 Å². The highest BCUT2D eigenvalue weighted by Gasteiger charge is 2.21. The Hall–Kier alpha value is -1.35. The van der Waals surface area contributed by atoms with Crippen molar-refractivity contribution in [2.45, 2.75) is 31.7 Å². The Morgan fingerprint density at radius 2 is 2.24 bits per heavy atom. The lowest BCUT2D eigenvalue weighted by atomic mass is 10.0. The lowest BCUT2D eigenvalue weighted by molar-refractivity contribution is -0.122. The van der Waals surface area contributed by atoms with E-state index in [1.165, 1.54) is 5.56 Å². The van der Waals surface area contributed by atoms with Crippen LogP contribution >= 0.6 is 0 Å². The lowest BCUT2D eigenvalue weighted by Gasteiger charge is -2.15. The van der Waals surface area contributed by atoms with Gasteiger partial charge in [0.25, 0.3) is 0 Å². The molecule has 0 saturated carbocycles. The topological polar surface area (TPSA) is 41.1 Å². The first-order chi connectivity index (χ1) is 8.27. The molecule has 2 atom stereocenters. The fourth-order valence-electron chi connectivity index (χ4n) is 2.18. The summed E-state index contributed by atoms with van der Waals surface area (Å²) in [6, 6.07) is 10.3.